The van der Waals surface area contributed by atoms with Gasteiger partial charge in [-0.15, -0.1) is 5.10 Å². The van der Waals surface area contributed by atoms with Crippen LogP contribution in [-0.2, 0) is 19.6 Å². The van der Waals surface area contributed by atoms with Gasteiger partial charge in [-0.3, -0.25) is 15.0 Å². The highest BCUT2D eigenvalue weighted by Gasteiger charge is 2.11. The third-order valence-corrected chi connectivity index (χ3v) is 5.01. The SMILES string of the molecule is CN=C(NCc1ccc(CN2CCCC2)cc1)NCc1nc(-c2ccco2)n[nH]1. The standard InChI is InChI=1S/C21H27N7O/c1-22-21(24-14-19-25-20(27-26-19)18-5-4-12-29-18)23-13-16-6-8-17(9-7-16)15-28-10-2-3-11-28/h4-9,12H,2-3,10-11,13-15H2,1H3,(H2,22,23,24)(H,25,26,27). The Balaban J connectivity index is 1.24. The number of aromatic amines is 1. The van der Waals surface area contributed by atoms with E-state index in [0.29, 0.717) is 36.5 Å². The highest BCUT2D eigenvalue weighted by Crippen LogP contribution is 2.14. The molecule has 1 aliphatic rings. The summed E-state index contributed by atoms with van der Waals surface area (Å²) in [6.07, 6.45) is 4.26. The van der Waals surface area contributed by atoms with Crippen LogP contribution in [0, 0.1) is 0 Å². The fourth-order valence-electron chi connectivity index (χ4n) is 3.43. The van der Waals surface area contributed by atoms with Gasteiger partial charge in [0.05, 0.1) is 12.8 Å². The van der Waals surface area contributed by atoms with E-state index in [-0.39, 0.29) is 0 Å². The Morgan fingerprint density at radius 3 is 2.59 bits per heavy atom. The summed E-state index contributed by atoms with van der Waals surface area (Å²) in [6.45, 7) is 4.69. The zero-order valence-corrected chi connectivity index (χ0v) is 16.7. The van der Waals surface area contributed by atoms with Crippen LogP contribution in [0.3, 0.4) is 0 Å². The van der Waals surface area contributed by atoms with Gasteiger partial charge < -0.3 is 15.1 Å². The van der Waals surface area contributed by atoms with Crippen LogP contribution in [0.2, 0.25) is 0 Å². The predicted molar refractivity (Wildman–Crippen MR) is 112 cm³/mol. The number of rotatable bonds is 7. The number of guanidine groups is 1. The van der Waals surface area contributed by atoms with E-state index in [1.807, 2.05) is 12.1 Å². The molecule has 3 N–H and O–H groups in total. The summed E-state index contributed by atoms with van der Waals surface area (Å²) in [6, 6.07) is 12.4. The lowest BCUT2D eigenvalue weighted by Gasteiger charge is -2.15. The zero-order chi connectivity index (χ0) is 19.9. The first-order valence-corrected chi connectivity index (χ1v) is 10.00. The van der Waals surface area contributed by atoms with Gasteiger partial charge in [0.15, 0.2) is 11.7 Å². The largest absolute Gasteiger partial charge is 0.461 e. The molecule has 3 heterocycles. The lowest BCUT2D eigenvalue weighted by Crippen LogP contribution is -2.36. The van der Waals surface area contributed by atoms with Crippen molar-refractivity contribution in [2.24, 2.45) is 4.99 Å². The van der Waals surface area contributed by atoms with Crippen molar-refractivity contribution >= 4 is 5.96 Å². The van der Waals surface area contributed by atoms with Crippen molar-refractivity contribution in [3.63, 3.8) is 0 Å². The lowest BCUT2D eigenvalue weighted by atomic mass is 10.1. The van der Waals surface area contributed by atoms with Gasteiger partial charge in [-0.25, -0.2) is 4.98 Å². The van der Waals surface area contributed by atoms with Crippen LogP contribution in [-0.4, -0.2) is 46.2 Å². The first-order valence-electron chi connectivity index (χ1n) is 10.00. The smallest absolute Gasteiger partial charge is 0.216 e. The maximum Gasteiger partial charge on any atom is 0.216 e. The minimum absolute atomic E-state index is 0.488. The van der Waals surface area contributed by atoms with E-state index in [1.54, 1.807) is 13.3 Å². The summed E-state index contributed by atoms with van der Waals surface area (Å²) in [5.74, 6) is 2.61. The van der Waals surface area contributed by atoms with Crippen molar-refractivity contribution in [1.29, 1.82) is 0 Å². The van der Waals surface area contributed by atoms with Crippen LogP contribution >= 0.6 is 0 Å². The van der Waals surface area contributed by atoms with Gasteiger partial charge in [-0.1, -0.05) is 24.3 Å². The normalized spacial score (nSPS) is 15.0. The Morgan fingerprint density at radius 2 is 1.86 bits per heavy atom. The Labute approximate surface area is 170 Å². The van der Waals surface area contributed by atoms with Crippen LogP contribution in [0.1, 0.15) is 29.8 Å². The average Bonchev–Trinajstić information content (AvgIpc) is 3.51. The second-order valence-electron chi connectivity index (χ2n) is 7.16. The first-order chi connectivity index (χ1) is 14.3. The van der Waals surface area contributed by atoms with Crippen molar-refractivity contribution < 1.29 is 4.42 Å². The van der Waals surface area contributed by atoms with E-state index in [2.05, 4.69) is 60.0 Å². The zero-order valence-electron chi connectivity index (χ0n) is 16.7. The van der Waals surface area contributed by atoms with Crippen molar-refractivity contribution in [2.75, 3.05) is 20.1 Å². The number of nitrogens with one attached hydrogen (secondary N) is 3. The molecular weight excluding hydrogens is 366 g/mol. The van der Waals surface area contributed by atoms with E-state index < -0.39 is 0 Å². The van der Waals surface area contributed by atoms with Crippen LogP contribution in [0.25, 0.3) is 11.6 Å². The number of aliphatic imine (C=N–C) groups is 1. The molecule has 1 aromatic carbocycles. The van der Waals surface area contributed by atoms with Crippen molar-refractivity contribution in [2.45, 2.75) is 32.5 Å². The quantitative estimate of drug-likeness (QED) is 0.422. The number of hydrogen-bond acceptors (Lipinski definition) is 5. The molecule has 0 bridgehead atoms. The van der Waals surface area contributed by atoms with Crippen molar-refractivity contribution in [1.82, 2.24) is 30.7 Å². The number of furan rings is 1. The van der Waals surface area contributed by atoms with E-state index in [0.717, 1.165) is 6.54 Å². The van der Waals surface area contributed by atoms with E-state index in [9.17, 15) is 0 Å². The minimum Gasteiger partial charge on any atom is -0.461 e. The molecule has 3 aromatic rings. The van der Waals surface area contributed by atoms with Gasteiger partial charge in [0, 0.05) is 20.1 Å². The monoisotopic (exact) mass is 393 g/mol. The molecular formula is C21H27N7O. The molecule has 1 saturated heterocycles. The second-order valence-corrected chi connectivity index (χ2v) is 7.16. The number of likely N-dealkylation sites (tertiary alicyclic amines) is 1. The molecule has 152 valence electrons. The number of benzene rings is 1. The maximum atomic E-state index is 5.31. The van der Waals surface area contributed by atoms with E-state index in [4.69, 9.17) is 4.42 Å². The molecule has 2 aromatic heterocycles. The third-order valence-electron chi connectivity index (χ3n) is 5.01. The molecule has 8 heteroatoms. The Morgan fingerprint density at radius 1 is 1.10 bits per heavy atom. The molecule has 4 rings (SSSR count). The fraction of sp³-hybridized carbons (Fsp3) is 0.381. The second kappa shape index (κ2) is 9.38. The highest BCUT2D eigenvalue weighted by molar-refractivity contribution is 5.79. The first kappa shape index (κ1) is 19.2. The molecule has 1 aliphatic heterocycles. The summed E-state index contributed by atoms with van der Waals surface area (Å²) in [5, 5.41) is 13.7. The van der Waals surface area contributed by atoms with Gasteiger partial charge >= 0.3 is 0 Å². The molecule has 1 fully saturated rings. The number of aromatic nitrogens is 3. The lowest BCUT2D eigenvalue weighted by molar-refractivity contribution is 0.331. The molecule has 0 spiro atoms. The number of H-pyrrole nitrogens is 1. The van der Waals surface area contributed by atoms with E-state index >= 15 is 0 Å². The number of hydrogen-bond donors (Lipinski definition) is 3. The van der Waals surface area contributed by atoms with Crippen LogP contribution in [0.15, 0.2) is 52.1 Å². The van der Waals surface area contributed by atoms with Crippen LogP contribution in [0.5, 0.6) is 0 Å². The third kappa shape index (κ3) is 5.23. The predicted octanol–water partition coefficient (Wildman–Crippen LogP) is 2.53. The van der Waals surface area contributed by atoms with Crippen LogP contribution < -0.4 is 10.6 Å². The van der Waals surface area contributed by atoms with Gasteiger partial charge in [-0.2, -0.15) is 0 Å². The van der Waals surface area contributed by atoms with Gasteiger partial charge in [0.2, 0.25) is 5.82 Å². The number of nitrogens with zero attached hydrogens (tertiary/aromatic N) is 4. The topological polar surface area (TPSA) is 94.4 Å². The van der Waals surface area contributed by atoms with Gasteiger partial charge in [-0.05, 0) is 49.2 Å². The molecule has 0 unspecified atom stereocenters. The Bertz CT molecular complexity index is 909. The molecule has 29 heavy (non-hydrogen) atoms. The maximum absolute atomic E-state index is 5.31. The van der Waals surface area contributed by atoms with E-state index in [1.165, 1.54) is 37.1 Å². The molecule has 0 amide bonds. The van der Waals surface area contributed by atoms with Crippen molar-refractivity contribution in [3.8, 4) is 11.6 Å². The summed E-state index contributed by atoms with van der Waals surface area (Å²) in [5.41, 5.74) is 2.59. The molecule has 8 nitrogen and oxygen atoms in total. The summed E-state index contributed by atoms with van der Waals surface area (Å²) in [4.78, 5) is 11.2. The summed E-state index contributed by atoms with van der Waals surface area (Å²) in [7, 11) is 1.75. The molecule has 0 atom stereocenters. The fourth-order valence-corrected chi connectivity index (χ4v) is 3.43. The van der Waals surface area contributed by atoms with Crippen molar-refractivity contribution in [3.05, 3.63) is 59.6 Å². The summed E-state index contributed by atoms with van der Waals surface area (Å²) < 4.78 is 5.31. The molecule has 0 radical (unpaired) electrons. The Hall–Kier alpha value is -3.13. The Kier molecular flexibility index (Phi) is 6.21. The molecule has 0 saturated carbocycles. The average molecular weight is 393 g/mol. The minimum atomic E-state index is 0.488. The summed E-state index contributed by atoms with van der Waals surface area (Å²) >= 11 is 0. The van der Waals surface area contributed by atoms with Crippen LogP contribution in [0.4, 0.5) is 0 Å². The van der Waals surface area contributed by atoms with Gasteiger partial charge in [0.25, 0.3) is 0 Å². The molecule has 0 aliphatic carbocycles. The highest BCUT2D eigenvalue weighted by atomic mass is 16.3. The van der Waals surface area contributed by atoms with Gasteiger partial charge in [0.1, 0.15) is 5.82 Å².